The van der Waals surface area contributed by atoms with Crippen LogP contribution in [0.4, 0.5) is 17.2 Å². The minimum absolute atomic E-state index is 0.0374. The number of hydrogen-bond acceptors (Lipinski definition) is 6. The van der Waals surface area contributed by atoms with Crippen molar-refractivity contribution in [1.29, 1.82) is 0 Å². The molecule has 2 N–H and O–H groups in total. The van der Waals surface area contributed by atoms with Crippen molar-refractivity contribution in [3.8, 4) is 11.5 Å². The van der Waals surface area contributed by atoms with Gasteiger partial charge in [-0.3, -0.25) is 0 Å². The standard InChI is InChI=1S/C14H14N4O3/c1-20-18-6-3-2-4-14(18)17-16-10-9-13-11(8-12(10)19)15-5-7-21-13/h2-4,6,8-9H,5,7H2,1H3,(H,15,19)/p+1. The largest absolute Gasteiger partial charge is 0.505 e. The SMILES string of the molecule is CO[n+]1ccccc1N=Nc1cc2c(cc1O)NCCO2. The lowest BCUT2D eigenvalue weighted by molar-refractivity contribution is -0.875. The molecular formula is C14H15N4O3+. The Hall–Kier alpha value is -2.83. The first-order valence-electron chi connectivity index (χ1n) is 6.48. The number of azo groups is 1. The van der Waals surface area contributed by atoms with Crippen molar-refractivity contribution in [2.75, 3.05) is 25.6 Å². The highest BCUT2D eigenvalue weighted by molar-refractivity contribution is 5.69. The first kappa shape index (κ1) is 13.2. The molecule has 7 nitrogen and oxygen atoms in total. The molecule has 0 spiro atoms. The zero-order valence-corrected chi connectivity index (χ0v) is 11.5. The third-order valence-corrected chi connectivity index (χ3v) is 3.01. The Bertz CT molecular complexity index is 688. The van der Waals surface area contributed by atoms with E-state index in [2.05, 4.69) is 15.5 Å². The zero-order chi connectivity index (χ0) is 14.7. The van der Waals surface area contributed by atoms with E-state index in [1.807, 2.05) is 12.1 Å². The number of pyridine rings is 1. The second-order valence-electron chi connectivity index (χ2n) is 4.38. The van der Waals surface area contributed by atoms with Crippen LogP contribution in [0.15, 0.2) is 46.8 Å². The van der Waals surface area contributed by atoms with Gasteiger partial charge in [-0.05, 0) is 22.0 Å². The van der Waals surface area contributed by atoms with Crippen LogP contribution in [0.3, 0.4) is 0 Å². The third kappa shape index (κ3) is 2.71. The summed E-state index contributed by atoms with van der Waals surface area (Å²) >= 11 is 0. The second kappa shape index (κ2) is 5.66. The van der Waals surface area contributed by atoms with E-state index in [-0.39, 0.29) is 5.75 Å². The third-order valence-electron chi connectivity index (χ3n) is 3.01. The molecule has 7 heteroatoms. The van der Waals surface area contributed by atoms with E-state index in [0.717, 1.165) is 5.69 Å². The van der Waals surface area contributed by atoms with E-state index < -0.39 is 0 Å². The van der Waals surface area contributed by atoms with Gasteiger partial charge in [0.05, 0.1) is 10.8 Å². The smallest absolute Gasteiger partial charge is 0.388 e. The molecule has 1 aliphatic heterocycles. The lowest BCUT2D eigenvalue weighted by Gasteiger charge is -2.19. The summed E-state index contributed by atoms with van der Waals surface area (Å²) in [5.41, 5.74) is 1.09. The monoisotopic (exact) mass is 287 g/mol. The van der Waals surface area contributed by atoms with Crippen LogP contribution in [0.5, 0.6) is 11.5 Å². The van der Waals surface area contributed by atoms with E-state index in [9.17, 15) is 5.11 Å². The van der Waals surface area contributed by atoms with Gasteiger partial charge >= 0.3 is 5.82 Å². The maximum atomic E-state index is 9.98. The van der Waals surface area contributed by atoms with Gasteiger partial charge in [0.1, 0.15) is 31.4 Å². The molecule has 0 atom stereocenters. The Labute approximate surface area is 121 Å². The maximum absolute atomic E-state index is 9.98. The summed E-state index contributed by atoms with van der Waals surface area (Å²) in [7, 11) is 1.54. The highest BCUT2D eigenvalue weighted by Crippen LogP contribution is 2.39. The van der Waals surface area contributed by atoms with Crippen LogP contribution < -0.4 is 19.6 Å². The number of hydrogen-bond donors (Lipinski definition) is 2. The van der Waals surface area contributed by atoms with Crippen molar-refractivity contribution in [3.63, 3.8) is 0 Å². The fourth-order valence-corrected chi connectivity index (χ4v) is 2.00. The normalized spacial score (nSPS) is 13.4. The molecule has 0 unspecified atom stereocenters. The number of nitrogens with one attached hydrogen (secondary N) is 1. The number of phenolic OH excluding ortho intramolecular Hbond substituents is 1. The van der Waals surface area contributed by atoms with E-state index >= 15 is 0 Å². The highest BCUT2D eigenvalue weighted by Gasteiger charge is 2.16. The van der Waals surface area contributed by atoms with E-state index in [1.165, 1.54) is 11.8 Å². The number of ether oxygens (including phenoxy) is 1. The Morgan fingerprint density at radius 1 is 1.33 bits per heavy atom. The average molecular weight is 287 g/mol. The van der Waals surface area contributed by atoms with Gasteiger partial charge in [-0.15, -0.1) is 0 Å². The molecule has 1 aliphatic rings. The zero-order valence-electron chi connectivity index (χ0n) is 11.5. The number of rotatable bonds is 3. The van der Waals surface area contributed by atoms with Crippen molar-refractivity contribution in [3.05, 3.63) is 36.5 Å². The average Bonchev–Trinajstić information content (AvgIpc) is 2.53. The topological polar surface area (TPSA) is 79.3 Å². The van der Waals surface area contributed by atoms with Crippen LogP contribution in [-0.2, 0) is 0 Å². The Balaban J connectivity index is 1.92. The first-order chi connectivity index (χ1) is 10.3. The fourth-order valence-electron chi connectivity index (χ4n) is 2.00. The summed E-state index contributed by atoms with van der Waals surface area (Å²) in [6.07, 6.45) is 1.72. The van der Waals surface area contributed by atoms with Crippen LogP contribution >= 0.6 is 0 Å². The Morgan fingerprint density at radius 3 is 3.10 bits per heavy atom. The quantitative estimate of drug-likeness (QED) is 0.668. The number of anilines is 1. The summed E-state index contributed by atoms with van der Waals surface area (Å²) < 4.78 is 6.98. The van der Waals surface area contributed by atoms with E-state index in [0.29, 0.717) is 30.4 Å². The Kier molecular flexibility index (Phi) is 3.55. The van der Waals surface area contributed by atoms with Crippen molar-refractivity contribution >= 4 is 17.2 Å². The summed E-state index contributed by atoms with van der Waals surface area (Å²) in [6.45, 7) is 1.29. The molecule has 1 aromatic carbocycles. The molecule has 0 amide bonds. The van der Waals surface area contributed by atoms with E-state index in [4.69, 9.17) is 9.57 Å². The highest BCUT2D eigenvalue weighted by atomic mass is 16.6. The molecule has 0 fully saturated rings. The Morgan fingerprint density at radius 2 is 2.24 bits per heavy atom. The van der Waals surface area contributed by atoms with Crippen molar-refractivity contribution in [1.82, 2.24) is 0 Å². The van der Waals surface area contributed by atoms with Crippen LogP contribution in [-0.4, -0.2) is 25.4 Å². The molecule has 21 heavy (non-hydrogen) atoms. The van der Waals surface area contributed by atoms with Gasteiger partial charge in [-0.1, -0.05) is 0 Å². The molecule has 0 bridgehead atoms. The van der Waals surface area contributed by atoms with Gasteiger partial charge in [-0.2, -0.15) is 0 Å². The van der Waals surface area contributed by atoms with Gasteiger partial charge in [0, 0.05) is 24.7 Å². The number of fused-ring (bicyclic) bond motifs is 1. The number of benzene rings is 1. The van der Waals surface area contributed by atoms with E-state index in [1.54, 1.807) is 24.4 Å². The lowest BCUT2D eigenvalue weighted by atomic mass is 10.2. The van der Waals surface area contributed by atoms with Crippen LogP contribution in [0, 0.1) is 0 Å². The molecular weight excluding hydrogens is 272 g/mol. The number of aromatic nitrogens is 1. The molecule has 2 aromatic rings. The number of nitrogens with zero attached hydrogens (tertiary/aromatic N) is 3. The summed E-state index contributed by atoms with van der Waals surface area (Å²) in [6, 6.07) is 8.63. The molecule has 2 heterocycles. The van der Waals surface area contributed by atoms with Crippen molar-refractivity contribution in [2.24, 2.45) is 10.2 Å². The minimum Gasteiger partial charge on any atom is -0.505 e. The first-order valence-corrected chi connectivity index (χ1v) is 6.48. The predicted octanol–water partition coefficient (Wildman–Crippen LogP) is 1.96. The molecule has 108 valence electrons. The maximum Gasteiger partial charge on any atom is 0.388 e. The van der Waals surface area contributed by atoms with Gasteiger partial charge in [0.15, 0.2) is 5.69 Å². The fraction of sp³-hybridized carbons (Fsp3) is 0.214. The molecule has 0 aliphatic carbocycles. The molecule has 0 saturated carbocycles. The number of phenols is 1. The minimum atomic E-state index is 0.0374. The lowest BCUT2D eigenvalue weighted by Crippen LogP contribution is -2.39. The second-order valence-corrected chi connectivity index (χ2v) is 4.38. The van der Waals surface area contributed by atoms with Crippen molar-refractivity contribution < 1.29 is 19.4 Å². The van der Waals surface area contributed by atoms with Crippen molar-refractivity contribution in [2.45, 2.75) is 0 Å². The molecule has 0 saturated heterocycles. The van der Waals surface area contributed by atoms with Crippen LogP contribution in [0.2, 0.25) is 0 Å². The van der Waals surface area contributed by atoms with Crippen LogP contribution in [0.25, 0.3) is 0 Å². The van der Waals surface area contributed by atoms with Gasteiger partial charge in [-0.25, -0.2) is 0 Å². The summed E-state index contributed by atoms with van der Waals surface area (Å²) in [4.78, 5) is 5.12. The number of aromatic hydroxyl groups is 1. The van der Waals surface area contributed by atoms with Gasteiger partial charge in [0.2, 0.25) is 0 Å². The van der Waals surface area contributed by atoms with Gasteiger partial charge in [0.25, 0.3) is 0 Å². The summed E-state index contributed by atoms with van der Waals surface area (Å²) in [5, 5.41) is 21.3. The molecule has 0 radical (unpaired) electrons. The van der Waals surface area contributed by atoms with Gasteiger partial charge < -0.3 is 20.0 Å². The molecule has 3 rings (SSSR count). The molecule has 1 aromatic heterocycles. The van der Waals surface area contributed by atoms with Crippen LogP contribution in [0.1, 0.15) is 0 Å². The summed E-state index contributed by atoms with van der Waals surface area (Å²) in [5.74, 6) is 1.20. The predicted molar refractivity (Wildman–Crippen MR) is 75.4 cm³/mol.